The van der Waals surface area contributed by atoms with Crippen molar-refractivity contribution in [1.82, 2.24) is 9.78 Å². The molecule has 0 saturated carbocycles. The van der Waals surface area contributed by atoms with Crippen molar-refractivity contribution in [2.75, 3.05) is 18.6 Å². The number of benzene rings is 2. The van der Waals surface area contributed by atoms with Crippen molar-refractivity contribution in [1.29, 1.82) is 0 Å². The number of nitrogen functional groups attached to an aromatic ring is 1. The van der Waals surface area contributed by atoms with Gasteiger partial charge in [-0.1, -0.05) is 6.07 Å². The molecule has 0 atom stereocenters. The minimum atomic E-state index is -4.49. The van der Waals surface area contributed by atoms with Crippen LogP contribution in [0.5, 0.6) is 0 Å². The van der Waals surface area contributed by atoms with E-state index in [1.165, 1.54) is 24.3 Å². The van der Waals surface area contributed by atoms with Crippen LogP contribution in [0.3, 0.4) is 0 Å². The summed E-state index contributed by atoms with van der Waals surface area (Å²) >= 11 is 1.13. The molecule has 2 aromatic carbocycles. The van der Waals surface area contributed by atoms with E-state index >= 15 is 0 Å². The van der Waals surface area contributed by atoms with Crippen LogP contribution in [0.1, 0.15) is 33.4 Å². The highest BCUT2D eigenvalue weighted by atomic mass is 32.2. The van der Waals surface area contributed by atoms with E-state index in [9.17, 15) is 22.8 Å². The van der Waals surface area contributed by atoms with Crippen LogP contribution in [0.2, 0.25) is 0 Å². The molecule has 2 aromatic heterocycles. The van der Waals surface area contributed by atoms with E-state index in [2.05, 4.69) is 15.3 Å². The Kier molecular flexibility index (Phi) is 6.84. The molecule has 0 fully saturated rings. The Bertz CT molecular complexity index is 1490. The number of ether oxygens (including phenoxy) is 1. The van der Waals surface area contributed by atoms with E-state index in [-0.39, 0.29) is 40.0 Å². The molecule has 36 heavy (non-hydrogen) atoms. The zero-order valence-electron chi connectivity index (χ0n) is 18.9. The van der Waals surface area contributed by atoms with Gasteiger partial charge in [-0.15, -0.1) is 11.8 Å². The van der Waals surface area contributed by atoms with Gasteiger partial charge in [0.15, 0.2) is 5.76 Å². The Labute approximate surface area is 206 Å². The Balaban J connectivity index is 1.62. The monoisotopic (exact) mass is 517 g/mol. The quantitative estimate of drug-likeness (QED) is 0.182. The first-order valence-electron chi connectivity index (χ1n) is 10.4. The van der Waals surface area contributed by atoms with Gasteiger partial charge < -0.3 is 14.9 Å². The summed E-state index contributed by atoms with van der Waals surface area (Å²) in [5, 5.41) is 12.7. The van der Waals surface area contributed by atoms with Crippen molar-refractivity contribution < 1.29 is 31.9 Å². The van der Waals surface area contributed by atoms with Gasteiger partial charge in [-0.2, -0.15) is 33.2 Å². The van der Waals surface area contributed by atoms with Gasteiger partial charge in [-0.3, -0.25) is 4.79 Å². The van der Waals surface area contributed by atoms with Gasteiger partial charge in [0, 0.05) is 11.5 Å². The van der Waals surface area contributed by atoms with Crippen LogP contribution in [0.4, 0.5) is 30.4 Å². The van der Waals surface area contributed by atoms with Crippen molar-refractivity contribution in [3.05, 3.63) is 65.4 Å². The number of hydrogen-bond donors (Lipinski definition) is 1. The lowest BCUT2D eigenvalue weighted by Gasteiger charge is -2.05. The molecule has 186 valence electrons. The number of alkyl halides is 3. The first-order valence-corrected chi connectivity index (χ1v) is 11.6. The molecule has 0 bridgehead atoms. The summed E-state index contributed by atoms with van der Waals surface area (Å²) in [5.41, 5.74) is 5.78. The smallest absolute Gasteiger partial charge is 0.416 e. The molecule has 0 radical (unpaired) electrons. The number of thioether (sulfide) groups is 1. The Morgan fingerprint density at radius 1 is 1.14 bits per heavy atom. The third kappa shape index (κ3) is 4.96. The summed E-state index contributed by atoms with van der Waals surface area (Å²) in [7, 11) is 0. The van der Waals surface area contributed by atoms with Gasteiger partial charge in [0.05, 0.1) is 23.5 Å². The average Bonchev–Trinajstić information content (AvgIpc) is 3.42. The fraction of sp³-hybridized carbons (Fsp3) is 0.174. The van der Waals surface area contributed by atoms with Gasteiger partial charge in [0.25, 0.3) is 0 Å². The highest BCUT2D eigenvalue weighted by Gasteiger charge is 2.30. The first kappa shape index (κ1) is 25.0. The molecule has 0 amide bonds. The largest absolute Gasteiger partial charge is 0.462 e. The van der Waals surface area contributed by atoms with Crippen LogP contribution >= 0.6 is 11.8 Å². The SMILES string of the molecule is CCOC(=O)c1c(SC)nn(C(=O)c2cc3ccc(N=Nc4cccc(C(F)(F)F)c4)cc3o2)c1N. The van der Waals surface area contributed by atoms with Crippen LogP contribution in [0.25, 0.3) is 11.0 Å². The molecule has 0 unspecified atom stereocenters. The first-order chi connectivity index (χ1) is 17.1. The number of aromatic nitrogens is 2. The molecule has 0 aliphatic carbocycles. The number of carbonyl (C=O) groups is 2. The number of azo groups is 1. The normalized spacial score (nSPS) is 11.9. The number of hydrogen-bond acceptors (Lipinski definition) is 9. The molecule has 13 heteroatoms. The number of carbonyl (C=O) groups excluding carboxylic acids is 2. The van der Waals surface area contributed by atoms with E-state index in [0.717, 1.165) is 28.6 Å². The standard InChI is InChI=1S/C23H18F3N5O4S/c1-3-34-22(33)18-19(27)31(30-20(18)36-2)21(32)17-9-12-7-8-15(11-16(12)35-17)29-28-14-6-4-5-13(10-14)23(24,25)26/h4-11H,3,27H2,1-2H3. The topological polar surface area (TPSA) is 125 Å². The zero-order valence-corrected chi connectivity index (χ0v) is 19.7. The van der Waals surface area contributed by atoms with Crippen molar-refractivity contribution in [3.63, 3.8) is 0 Å². The van der Waals surface area contributed by atoms with Crippen molar-refractivity contribution >= 4 is 51.8 Å². The summed E-state index contributed by atoms with van der Waals surface area (Å²) in [6.45, 7) is 1.77. The second-order valence-electron chi connectivity index (χ2n) is 7.29. The predicted octanol–water partition coefficient (Wildman–Crippen LogP) is 6.23. The highest BCUT2D eigenvalue weighted by Crippen LogP contribution is 2.33. The van der Waals surface area contributed by atoms with E-state index in [1.54, 1.807) is 25.3 Å². The van der Waals surface area contributed by atoms with Gasteiger partial charge in [-0.25, -0.2) is 4.79 Å². The Morgan fingerprint density at radius 3 is 2.53 bits per heavy atom. The molecular weight excluding hydrogens is 499 g/mol. The third-order valence-corrected chi connectivity index (χ3v) is 5.60. The summed E-state index contributed by atoms with van der Waals surface area (Å²) < 4.78 is 50.2. The Hall–Kier alpha value is -4.13. The number of anilines is 1. The number of furan rings is 1. The second-order valence-corrected chi connectivity index (χ2v) is 8.08. The molecule has 0 aliphatic rings. The maximum atomic E-state index is 13.0. The fourth-order valence-electron chi connectivity index (χ4n) is 3.25. The number of fused-ring (bicyclic) bond motifs is 1. The number of nitrogens with zero attached hydrogens (tertiary/aromatic N) is 4. The molecule has 0 aliphatic heterocycles. The molecule has 0 spiro atoms. The summed E-state index contributed by atoms with van der Waals surface area (Å²) in [4.78, 5) is 25.3. The van der Waals surface area contributed by atoms with E-state index in [0.29, 0.717) is 11.1 Å². The van der Waals surface area contributed by atoms with Crippen molar-refractivity contribution in [2.24, 2.45) is 10.2 Å². The molecule has 4 aromatic rings. The predicted molar refractivity (Wildman–Crippen MR) is 126 cm³/mol. The minimum Gasteiger partial charge on any atom is -0.462 e. The van der Waals surface area contributed by atoms with Crippen LogP contribution in [0.15, 0.2) is 68.2 Å². The van der Waals surface area contributed by atoms with E-state index in [4.69, 9.17) is 14.9 Å². The van der Waals surface area contributed by atoms with Gasteiger partial charge in [0.1, 0.15) is 22.0 Å². The summed E-state index contributed by atoms with van der Waals surface area (Å²) in [5.74, 6) is -1.69. The van der Waals surface area contributed by atoms with Crippen molar-refractivity contribution in [3.8, 4) is 0 Å². The average molecular weight is 517 g/mol. The minimum absolute atomic E-state index is 0.00824. The summed E-state index contributed by atoms with van der Waals surface area (Å²) in [6.07, 6.45) is -2.82. The third-order valence-electron chi connectivity index (χ3n) is 4.92. The van der Waals surface area contributed by atoms with E-state index in [1.807, 2.05) is 0 Å². The van der Waals surface area contributed by atoms with Crippen LogP contribution in [0, 0.1) is 0 Å². The van der Waals surface area contributed by atoms with Gasteiger partial charge in [-0.05, 0) is 49.6 Å². The second kappa shape index (κ2) is 9.85. The number of nitrogens with two attached hydrogens (primary N) is 1. The van der Waals surface area contributed by atoms with Crippen molar-refractivity contribution in [2.45, 2.75) is 18.1 Å². The highest BCUT2D eigenvalue weighted by molar-refractivity contribution is 7.98. The molecular formula is C23H18F3N5O4S. The molecule has 4 rings (SSSR count). The molecule has 9 nitrogen and oxygen atoms in total. The number of rotatable bonds is 6. The van der Waals surface area contributed by atoms with Gasteiger partial charge >= 0.3 is 18.1 Å². The molecule has 2 heterocycles. The van der Waals surface area contributed by atoms with Crippen LogP contribution in [-0.4, -0.2) is 34.5 Å². The number of halogens is 3. The van der Waals surface area contributed by atoms with Crippen LogP contribution in [-0.2, 0) is 10.9 Å². The number of esters is 1. The lowest BCUT2D eigenvalue weighted by atomic mass is 10.2. The summed E-state index contributed by atoms with van der Waals surface area (Å²) in [6, 6.07) is 10.6. The molecule has 2 N–H and O–H groups in total. The zero-order chi connectivity index (χ0) is 26.0. The van der Waals surface area contributed by atoms with Gasteiger partial charge in [0.2, 0.25) is 0 Å². The fourth-order valence-corrected chi connectivity index (χ4v) is 3.81. The molecule has 0 saturated heterocycles. The lowest BCUT2D eigenvalue weighted by molar-refractivity contribution is -0.137. The Morgan fingerprint density at radius 2 is 1.86 bits per heavy atom. The van der Waals surface area contributed by atoms with E-state index < -0.39 is 23.6 Å². The van der Waals surface area contributed by atoms with Crippen LogP contribution < -0.4 is 5.73 Å². The lowest BCUT2D eigenvalue weighted by Crippen LogP contribution is -2.16. The maximum Gasteiger partial charge on any atom is 0.416 e. The maximum absolute atomic E-state index is 13.0.